The lowest BCUT2D eigenvalue weighted by atomic mass is 10.3. The second kappa shape index (κ2) is 2.35. The minimum atomic E-state index is -3.09. The van der Waals surface area contributed by atoms with Crippen molar-refractivity contribution in [1.82, 2.24) is 0 Å². The fraction of sp³-hybridized carbons (Fsp3) is 0.286. The second-order valence-corrected chi connectivity index (χ2v) is 4.96. The highest BCUT2D eigenvalue weighted by molar-refractivity contribution is 7.90. The first-order valence-electron chi connectivity index (χ1n) is 3.53. The molecule has 6 heteroatoms. The minimum Gasteiger partial charge on any atom is -0.475 e. The summed E-state index contributed by atoms with van der Waals surface area (Å²) < 4.78 is 26.9. The van der Waals surface area contributed by atoms with E-state index in [2.05, 4.69) is 0 Å². The molecule has 70 valence electrons. The summed E-state index contributed by atoms with van der Waals surface area (Å²) >= 11 is 0. The van der Waals surface area contributed by atoms with Gasteiger partial charge >= 0.3 is 5.97 Å². The van der Waals surface area contributed by atoms with Gasteiger partial charge < -0.3 is 9.52 Å². The molecule has 0 radical (unpaired) electrons. The topological polar surface area (TPSA) is 84.6 Å². The molecule has 1 aliphatic heterocycles. The van der Waals surface area contributed by atoms with Crippen molar-refractivity contribution >= 4 is 15.8 Å². The largest absolute Gasteiger partial charge is 0.475 e. The first kappa shape index (κ1) is 8.31. The smallest absolute Gasteiger partial charge is 0.371 e. The van der Waals surface area contributed by atoms with E-state index >= 15 is 0 Å². The van der Waals surface area contributed by atoms with Crippen molar-refractivity contribution in [1.29, 1.82) is 0 Å². The van der Waals surface area contributed by atoms with Gasteiger partial charge in [-0.2, -0.15) is 0 Å². The quantitative estimate of drug-likeness (QED) is 0.712. The number of furan rings is 1. The number of sulfone groups is 1. The van der Waals surface area contributed by atoms with Gasteiger partial charge in [0, 0.05) is 5.56 Å². The van der Waals surface area contributed by atoms with E-state index < -0.39 is 15.8 Å². The molecule has 0 saturated carbocycles. The minimum absolute atomic E-state index is 0.112. The summed E-state index contributed by atoms with van der Waals surface area (Å²) in [6, 6.07) is 1.27. The third-order valence-corrected chi connectivity index (χ3v) is 3.29. The Hall–Kier alpha value is -1.30. The normalized spacial score (nSPS) is 18.5. The molecule has 1 aromatic heterocycles. The van der Waals surface area contributed by atoms with Crippen LogP contribution in [-0.4, -0.2) is 19.5 Å². The van der Waals surface area contributed by atoms with E-state index in [1.165, 1.54) is 6.07 Å². The number of aromatic carboxylic acids is 1. The highest BCUT2D eigenvalue weighted by Gasteiger charge is 2.30. The van der Waals surface area contributed by atoms with Gasteiger partial charge in [0.2, 0.25) is 5.76 Å². The monoisotopic (exact) mass is 202 g/mol. The Morgan fingerprint density at radius 1 is 1.46 bits per heavy atom. The van der Waals surface area contributed by atoms with E-state index in [1.54, 1.807) is 0 Å². The predicted octanol–water partition coefficient (Wildman–Crippen LogP) is 0.406. The highest BCUT2D eigenvalue weighted by atomic mass is 32.2. The molecule has 5 nitrogen and oxygen atoms in total. The van der Waals surface area contributed by atoms with Crippen LogP contribution in [0, 0.1) is 0 Å². The van der Waals surface area contributed by atoms with E-state index in [9.17, 15) is 13.2 Å². The Labute approximate surface area is 73.9 Å². The molecule has 0 spiro atoms. The van der Waals surface area contributed by atoms with Crippen LogP contribution in [-0.2, 0) is 21.3 Å². The highest BCUT2D eigenvalue weighted by Crippen LogP contribution is 2.27. The molecule has 0 fully saturated rings. The van der Waals surface area contributed by atoms with Crippen LogP contribution in [0.2, 0.25) is 0 Å². The lowest BCUT2D eigenvalue weighted by molar-refractivity contribution is 0.0660. The molecule has 1 aliphatic rings. The van der Waals surface area contributed by atoms with Crippen molar-refractivity contribution in [3.63, 3.8) is 0 Å². The zero-order valence-electron chi connectivity index (χ0n) is 6.48. The van der Waals surface area contributed by atoms with Crippen molar-refractivity contribution in [2.45, 2.75) is 11.5 Å². The number of carbonyl (C=O) groups is 1. The Balaban J connectivity index is 2.45. The van der Waals surface area contributed by atoms with Gasteiger partial charge in [-0.25, -0.2) is 13.2 Å². The summed E-state index contributed by atoms with van der Waals surface area (Å²) in [5, 5.41) is 8.53. The van der Waals surface area contributed by atoms with E-state index in [1.807, 2.05) is 0 Å². The van der Waals surface area contributed by atoms with E-state index in [0.717, 1.165) is 0 Å². The van der Waals surface area contributed by atoms with Gasteiger partial charge in [-0.1, -0.05) is 0 Å². The number of carboxylic acids is 1. The standard InChI is InChI=1S/C7H6O5S/c8-7(9)5-1-4-2-13(10,11)3-6(4)12-5/h1H,2-3H2,(H,8,9). The van der Waals surface area contributed by atoms with Gasteiger partial charge in [0.1, 0.15) is 11.5 Å². The van der Waals surface area contributed by atoms with Crippen molar-refractivity contribution in [3.05, 3.63) is 23.2 Å². The predicted molar refractivity (Wildman–Crippen MR) is 42.0 cm³/mol. The number of carboxylic acid groups (broad SMARTS) is 1. The molecule has 0 aliphatic carbocycles. The zero-order valence-corrected chi connectivity index (χ0v) is 7.30. The fourth-order valence-electron chi connectivity index (χ4n) is 1.30. The lowest BCUT2D eigenvalue weighted by Gasteiger charge is -1.89. The van der Waals surface area contributed by atoms with Gasteiger partial charge in [0.05, 0.1) is 5.75 Å². The first-order chi connectivity index (χ1) is 5.98. The van der Waals surface area contributed by atoms with Gasteiger partial charge in [0.15, 0.2) is 9.84 Å². The van der Waals surface area contributed by atoms with Crippen LogP contribution in [0.25, 0.3) is 0 Å². The number of fused-ring (bicyclic) bond motifs is 1. The molecule has 0 atom stereocenters. The fourth-order valence-corrected chi connectivity index (χ4v) is 2.77. The molecular weight excluding hydrogens is 196 g/mol. The summed E-state index contributed by atoms with van der Waals surface area (Å²) in [5.41, 5.74) is 0.470. The molecule has 13 heavy (non-hydrogen) atoms. The van der Waals surface area contributed by atoms with Gasteiger partial charge in [-0.05, 0) is 6.07 Å². The SMILES string of the molecule is O=C(O)c1cc2c(o1)CS(=O)(=O)C2. The first-order valence-corrected chi connectivity index (χ1v) is 5.35. The Morgan fingerprint density at radius 3 is 2.69 bits per heavy atom. The molecule has 2 rings (SSSR count). The van der Waals surface area contributed by atoms with Crippen molar-refractivity contribution in [3.8, 4) is 0 Å². The van der Waals surface area contributed by atoms with Gasteiger partial charge in [-0.15, -0.1) is 0 Å². The van der Waals surface area contributed by atoms with Crippen molar-refractivity contribution in [2.24, 2.45) is 0 Å². The summed E-state index contributed by atoms with van der Waals surface area (Å²) in [5.74, 6) is -1.40. The summed E-state index contributed by atoms with van der Waals surface area (Å²) in [7, 11) is -3.09. The lowest BCUT2D eigenvalue weighted by Crippen LogP contribution is -1.98. The molecule has 2 heterocycles. The molecule has 1 N–H and O–H groups in total. The van der Waals surface area contributed by atoms with Crippen molar-refractivity contribution in [2.75, 3.05) is 0 Å². The molecule has 0 amide bonds. The number of hydrogen-bond donors (Lipinski definition) is 1. The van der Waals surface area contributed by atoms with Crippen LogP contribution in [0.1, 0.15) is 21.9 Å². The average Bonchev–Trinajstić information content (AvgIpc) is 2.39. The summed E-state index contributed by atoms with van der Waals surface area (Å²) in [4.78, 5) is 10.4. The molecule has 0 aromatic carbocycles. The average molecular weight is 202 g/mol. The maximum Gasteiger partial charge on any atom is 0.371 e. The summed E-state index contributed by atoms with van der Waals surface area (Å²) in [6.45, 7) is 0. The maximum absolute atomic E-state index is 11.0. The van der Waals surface area contributed by atoms with Crippen LogP contribution in [0.3, 0.4) is 0 Å². The Kier molecular flexibility index (Phi) is 1.50. The van der Waals surface area contributed by atoms with Crippen LogP contribution in [0.5, 0.6) is 0 Å². The van der Waals surface area contributed by atoms with E-state index in [4.69, 9.17) is 9.52 Å². The Morgan fingerprint density at radius 2 is 2.15 bits per heavy atom. The molecule has 1 aromatic rings. The molecule has 0 saturated heterocycles. The second-order valence-electron chi connectivity index (χ2n) is 2.90. The van der Waals surface area contributed by atoms with Crippen LogP contribution >= 0.6 is 0 Å². The zero-order chi connectivity index (χ0) is 9.64. The third kappa shape index (κ3) is 1.33. The van der Waals surface area contributed by atoms with E-state index in [-0.39, 0.29) is 23.0 Å². The number of hydrogen-bond acceptors (Lipinski definition) is 4. The van der Waals surface area contributed by atoms with Gasteiger partial charge in [0.25, 0.3) is 0 Å². The van der Waals surface area contributed by atoms with Crippen LogP contribution in [0.4, 0.5) is 0 Å². The Bertz CT molecular complexity index is 438. The van der Waals surface area contributed by atoms with Crippen LogP contribution < -0.4 is 0 Å². The van der Waals surface area contributed by atoms with Crippen LogP contribution in [0.15, 0.2) is 10.5 Å². The van der Waals surface area contributed by atoms with E-state index in [0.29, 0.717) is 5.56 Å². The summed E-state index contributed by atoms with van der Waals surface area (Å²) in [6.07, 6.45) is 0. The molecule has 0 bridgehead atoms. The van der Waals surface area contributed by atoms with Crippen molar-refractivity contribution < 1.29 is 22.7 Å². The maximum atomic E-state index is 11.0. The molecular formula is C7H6O5S. The number of rotatable bonds is 1. The third-order valence-electron chi connectivity index (χ3n) is 1.83. The van der Waals surface area contributed by atoms with Gasteiger partial charge in [-0.3, -0.25) is 0 Å². The molecule has 0 unspecified atom stereocenters.